The van der Waals surface area contributed by atoms with Gasteiger partial charge < -0.3 is 29.7 Å². The fraction of sp³-hybridized carbons (Fsp3) is 0.533. The minimum Gasteiger partial charge on any atom is -0.490 e. The number of urea groups is 1. The number of likely N-dealkylation sites (N-methyl/N-ethyl adjacent to an activating group) is 1. The number of carbonyl (C=O) groups excluding carboxylic acids is 2. The predicted molar refractivity (Wildman–Crippen MR) is 163 cm³/mol. The topological polar surface area (TPSA) is 138 Å². The van der Waals surface area contributed by atoms with Crippen LogP contribution in [0.3, 0.4) is 0 Å². The maximum absolute atomic E-state index is 14.1. The quantitative estimate of drug-likeness (QED) is 0.434. The Kier molecular flexibility index (Phi) is 12.0. The van der Waals surface area contributed by atoms with Gasteiger partial charge >= 0.3 is 6.03 Å². The third-order valence-corrected chi connectivity index (χ3v) is 7.79. The molecule has 3 amide bonds. The number of rotatable bonds is 7. The van der Waals surface area contributed by atoms with E-state index in [0.29, 0.717) is 18.0 Å². The van der Waals surface area contributed by atoms with Gasteiger partial charge in [-0.3, -0.25) is 9.52 Å². The summed E-state index contributed by atoms with van der Waals surface area (Å²) < 4.78 is 38.7. The number of nitrogens with one attached hydrogen (secondary N) is 2. The number of benzene rings is 2. The van der Waals surface area contributed by atoms with Crippen LogP contribution in [0, 0.1) is 5.92 Å². The first kappa shape index (κ1) is 33.2. The van der Waals surface area contributed by atoms with Crippen molar-refractivity contribution in [3.8, 4) is 5.75 Å². The molecule has 3 rings (SSSR count). The normalized spacial score (nSPS) is 21.3. The Hall–Kier alpha value is -3.35. The number of fused-ring (bicyclic) bond motifs is 1. The molecular weight excluding hydrogens is 560 g/mol. The van der Waals surface area contributed by atoms with Gasteiger partial charge in [0.15, 0.2) is 0 Å². The molecule has 11 nitrogen and oxygen atoms in total. The second-order valence-corrected chi connectivity index (χ2v) is 12.8. The highest BCUT2D eigenvalue weighted by Gasteiger charge is 2.31. The van der Waals surface area contributed by atoms with E-state index in [1.54, 1.807) is 35.9 Å². The van der Waals surface area contributed by atoms with Crippen molar-refractivity contribution in [2.75, 3.05) is 49.6 Å². The van der Waals surface area contributed by atoms with Gasteiger partial charge in [-0.25, -0.2) is 13.2 Å². The second-order valence-electron chi connectivity index (χ2n) is 11.1. The number of para-hydroxylation sites is 1. The molecule has 12 heteroatoms. The Balaban J connectivity index is 1.91. The lowest BCUT2D eigenvalue weighted by Gasteiger charge is -2.35. The van der Waals surface area contributed by atoms with Crippen LogP contribution < -0.4 is 14.8 Å². The molecule has 232 valence electrons. The molecule has 0 fully saturated rings. The van der Waals surface area contributed by atoms with E-state index in [4.69, 9.17) is 9.47 Å². The van der Waals surface area contributed by atoms with Crippen LogP contribution in [0.25, 0.3) is 0 Å². The molecule has 3 N–H and O–H groups in total. The van der Waals surface area contributed by atoms with E-state index in [-0.39, 0.29) is 49.0 Å². The Labute approximate surface area is 249 Å². The lowest BCUT2D eigenvalue weighted by molar-refractivity contribution is -0.0115. The Bertz CT molecular complexity index is 1290. The van der Waals surface area contributed by atoms with Crippen molar-refractivity contribution in [3.63, 3.8) is 0 Å². The number of amides is 3. The average molecular weight is 605 g/mol. The van der Waals surface area contributed by atoms with E-state index in [0.717, 1.165) is 25.5 Å². The lowest BCUT2D eigenvalue weighted by Crippen LogP contribution is -2.48. The average Bonchev–Trinajstić information content (AvgIpc) is 2.94. The van der Waals surface area contributed by atoms with Gasteiger partial charge in [-0.1, -0.05) is 25.1 Å². The molecule has 0 saturated carbocycles. The van der Waals surface area contributed by atoms with Crippen LogP contribution in [-0.2, 0) is 14.8 Å². The summed E-state index contributed by atoms with van der Waals surface area (Å²) in [7, 11) is -1.88. The van der Waals surface area contributed by atoms with Crippen molar-refractivity contribution in [2.45, 2.75) is 58.3 Å². The molecule has 0 bridgehead atoms. The first-order valence-electron chi connectivity index (χ1n) is 14.3. The fourth-order valence-corrected chi connectivity index (χ4v) is 5.31. The fourth-order valence-electron chi connectivity index (χ4n) is 4.76. The summed E-state index contributed by atoms with van der Waals surface area (Å²) in [5.74, 6) is -0.288. The Morgan fingerprint density at radius 2 is 1.86 bits per heavy atom. The van der Waals surface area contributed by atoms with Crippen LogP contribution in [0.15, 0.2) is 48.5 Å². The van der Waals surface area contributed by atoms with Gasteiger partial charge in [0.05, 0.1) is 36.7 Å². The number of aliphatic hydroxyl groups excluding tert-OH is 1. The first-order chi connectivity index (χ1) is 19.9. The van der Waals surface area contributed by atoms with Crippen molar-refractivity contribution in [3.05, 3.63) is 54.1 Å². The van der Waals surface area contributed by atoms with E-state index in [1.807, 2.05) is 44.2 Å². The van der Waals surface area contributed by atoms with Crippen LogP contribution in [0.5, 0.6) is 5.75 Å². The summed E-state index contributed by atoms with van der Waals surface area (Å²) in [5.41, 5.74) is 1.11. The van der Waals surface area contributed by atoms with Gasteiger partial charge in [0.1, 0.15) is 5.75 Å². The highest BCUT2D eigenvalue weighted by molar-refractivity contribution is 7.92. The van der Waals surface area contributed by atoms with Crippen LogP contribution in [0.1, 0.15) is 50.4 Å². The van der Waals surface area contributed by atoms with E-state index in [9.17, 15) is 23.1 Å². The predicted octanol–water partition coefficient (Wildman–Crippen LogP) is 4.02. The summed E-state index contributed by atoms with van der Waals surface area (Å²) in [6, 6.07) is 13.0. The van der Waals surface area contributed by atoms with Gasteiger partial charge in [0, 0.05) is 44.0 Å². The molecule has 0 radical (unpaired) electrons. The zero-order valence-electron chi connectivity index (χ0n) is 25.1. The van der Waals surface area contributed by atoms with Gasteiger partial charge in [-0.2, -0.15) is 0 Å². The molecule has 1 heterocycles. The van der Waals surface area contributed by atoms with Gasteiger partial charge in [0.25, 0.3) is 5.91 Å². The summed E-state index contributed by atoms with van der Waals surface area (Å²) in [6.07, 6.45) is 2.77. The SMILES string of the molecule is C[C@H](CO)N1C[C@H](C)[C@H](CN(C)C(=O)Nc2ccccc2)OCCCC[C@H](C)Oc2ccc(NS(C)(=O)=O)cc2C1=O. The smallest absolute Gasteiger partial charge is 0.321 e. The molecule has 2 aromatic rings. The van der Waals surface area contributed by atoms with E-state index in [2.05, 4.69) is 10.0 Å². The van der Waals surface area contributed by atoms with Crippen LogP contribution >= 0.6 is 0 Å². The molecule has 1 aliphatic heterocycles. The van der Waals surface area contributed by atoms with Gasteiger partial charge in [-0.05, 0) is 63.4 Å². The molecule has 2 aromatic carbocycles. The summed E-state index contributed by atoms with van der Waals surface area (Å²) in [6.45, 7) is 6.32. The van der Waals surface area contributed by atoms with Crippen molar-refractivity contribution < 1.29 is 32.6 Å². The second kappa shape index (κ2) is 15.2. The lowest BCUT2D eigenvalue weighted by atomic mass is 10.0. The number of ether oxygens (including phenoxy) is 2. The highest BCUT2D eigenvalue weighted by atomic mass is 32.2. The van der Waals surface area contributed by atoms with Crippen molar-refractivity contribution >= 4 is 33.3 Å². The van der Waals surface area contributed by atoms with E-state index in [1.165, 1.54) is 6.07 Å². The summed E-state index contributed by atoms with van der Waals surface area (Å²) in [4.78, 5) is 30.1. The first-order valence-corrected chi connectivity index (χ1v) is 16.2. The van der Waals surface area contributed by atoms with Crippen LogP contribution in [0.2, 0.25) is 0 Å². The Morgan fingerprint density at radius 3 is 2.52 bits per heavy atom. The molecule has 1 aliphatic rings. The highest BCUT2D eigenvalue weighted by Crippen LogP contribution is 2.29. The summed E-state index contributed by atoms with van der Waals surface area (Å²) >= 11 is 0. The zero-order chi connectivity index (χ0) is 30.9. The van der Waals surface area contributed by atoms with Crippen molar-refractivity contribution in [2.24, 2.45) is 5.92 Å². The zero-order valence-corrected chi connectivity index (χ0v) is 25.9. The number of nitrogens with zero attached hydrogens (tertiary/aromatic N) is 2. The number of sulfonamides is 1. The third kappa shape index (κ3) is 9.88. The maximum atomic E-state index is 14.1. The molecule has 0 aliphatic carbocycles. The standard InChI is InChI=1S/C30H44N4O7S/c1-21-18-34(22(2)20-35)29(36)26-17-25(32-42(5,38)39)14-15-27(26)41-23(3)11-9-10-16-40-28(21)19-33(4)30(37)31-24-12-7-6-8-13-24/h6-8,12-15,17,21-23,28,32,35H,9-11,16,18-20H2,1-5H3,(H,31,37)/t21-,22+,23-,28-/m0/s1. The van der Waals surface area contributed by atoms with Gasteiger partial charge in [-0.15, -0.1) is 0 Å². The molecule has 0 spiro atoms. The molecule has 0 saturated heterocycles. The molecule has 0 unspecified atom stereocenters. The molecule has 0 aromatic heterocycles. The number of hydrogen-bond donors (Lipinski definition) is 3. The third-order valence-electron chi connectivity index (χ3n) is 7.18. The number of carbonyl (C=O) groups is 2. The molecule has 4 atom stereocenters. The van der Waals surface area contributed by atoms with E-state index >= 15 is 0 Å². The monoisotopic (exact) mass is 604 g/mol. The van der Waals surface area contributed by atoms with Crippen LogP contribution in [0.4, 0.5) is 16.2 Å². The Morgan fingerprint density at radius 1 is 1.14 bits per heavy atom. The minimum absolute atomic E-state index is 0.192. The van der Waals surface area contributed by atoms with Crippen molar-refractivity contribution in [1.82, 2.24) is 9.80 Å². The minimum atomic E-state index is -3.58. The number of hydrogen-bond acceptors (Lipinski definition) is 7. The number of aliphatic hydroxyl groups is 1. The molecular formula is C30H44N4O7S. The maximum Gasteiger partial charge on any atom is 0.321 e. The number of anilines is 2. The van der Waals surface area contributed by atoms with E-state index < -0.39 is 28.1 Å². The van der Waals surface area contributed by atoms with Crippen molar-refractivity contribution in [1.29, 1.82) is 0 Å². The van der Waals surface area contributed by atoms with Crippen LogP contribution in [-0.4, -0.2) is 93.1 Å². The molecule has 42 heavy (non-hydrogen) atoms. The largest absolute Gasteiger partial charge is 0.490 e. The van der Waals surface area contributed by atoms with Gasteiger partial charge in [0.2, 0.25) is 10.0 Å². The summed E-state index contributed by atoms with van der Waals surface area (Å²) in [5, 5.41) is 13.0.